The van der Waals surface area contributed by atoms with E-state index in [9.17, 15) is 5.11 Å². The number of rotatable bonds is 1. The van der Waals surface area contributed by atoms with Crippen LogP contribution < -0.4 is 0 Å². The Kier molecular flexibility index (Phi) is 1.51. The van der Waals surface area contributed by atoms with Gasteiger partial charge in [-0.3, -0.25) is 4.99 Å². The molecule has 2 rings (SSSR count). The summed E-state index contributed by atoms with van der Waals surface area (Å²) in [7, 11) is 0. The number of aliphatic hydroxyl groups is 1. The Morgan fingerprint density at radius 1 is 1.42 bits per heavy atom. The molecule has 0 aromatic heterocycles. The van der Waals surface area contributed by atoms with Crippen LogP contribution in [0.5, 0.6) is 0 Å². The molecule has 0 aliphatic carbocycles. The summed E-state index contributed by atoms with van der Waals surface area (Å²) in [6.07, 6.45) is 1.98. The molecule has 1 unspecified atom stereocenters. The van der Waals surface area contributed by atoms with Gasteiger partial charge in [-0.1, -0.05) is 18.2 Å². The van der Waals surface area contributed by atoms with Crippen molar-refractivity contribution in [1.29, 1.82) is 0 Å². The van der Waals surface area contributed by atoms with E-state index in [-0.39, 0.29) is 0 Å². The summed E-state index contributed by atoms with van der Waals surface area (Å²) in [4.78, 5) is 4.11. The summed E-state index contributed by atoms with van der Waals surface area (Å²) in [6.45, 7) is 3.70. The standard InChI is InChI=1S/C10H10NO/c1-2-10(12)7-11-9-6-4-3-5-8(9)10/h3-7,12H,1-2H2. The molecule has 1 aliphatic rings. The van der Waals surface area contributed by atoms with E-state index in [2.05, 4.69) is 11.9 Å². The van der Waals surface area contributed by atoms with Crippen molar-refractivity contribution in [3.05, 3.63) is 36.8 Å². The average molecular weight is 160 g/mol. The van der Waals surface area contributed by atoms with Gasteiger partial charge in [-0.15, -0.1) is 0 Å². The smallest absolute Gasteiger partial charge is 0.127 e. The third-order valence-electron chi connectivity index (χ3n) is 2.17. The van der Waals surface area contributed by atoms with Crippen molar-refractivity contribution in [2.24, 2.45) is 4.99 Å². The maximum atomic E-state index is 9.94. The van der Waals surface area contributed by atoms with Gasteiger partial charge >= 0.3 is 0 Å². The van der Waals surface area contributed by atoms with Crippen molar-refractivity contribution in [2.45, 2.75) is 12.0 Å². The third kappa shape index (κ3) is 0.883. The molecule has 0 fully saturated rings. The number of nitrogens with zero attached hydrogens (tertiary/aromatic N) is 1. The highest BCUT2D eigenvalue weighted by molar-refractivity contribution is 5.83. The van der Waals surface area contributed by atoms with E-state index >= 15 is 0 Å². The van der Waals surface area contributed by atoms with E-state index in [1.54, 1.807) is 6.21 Å². The van der Waals surface area contributed by atoms with Crippen LogP contribution in [0.4, 0.5) is 5.69 Å². The van der Waals surface area contributed by atoms with Crippen LogP contribution in [0.3, 0.4) is 0 Å². The van der Waals surface area contributed by atoms with E-state index < -0.39 is 5.60 Å². The number of hydrogen-bond acceptors (Lipinski definition) is 2. The Morgan fingerprint density at radius 2 is 2.17 bits per heavy atom. The van der Waals surface area contributed by atoms with Crippen molar-refractivity contribution >= 4 is 11.9 Å². The fourth-order valence-electron chi connectivity index (χ4n) is 1.40. The van der Waals surface area contributed by atoms with Crippen LogP contribution in [0.2, 0.25) is 0 Å². The minimum Gasteiger partial charge on any atom is -0.379 e. The van der Waals surface area contributed by atoms with E-state index in [1.165, 1.54) is 0 Å². The summed E-state index contributed by atoms with van der Waals surface area (Å²) in [5.74, 6) is 0. The first-order valence-electron chi connectivity index (χ1n) is 3.92. The number of aliphatic imine (C=N–C) groups is 1. The van der Waals surface area contributed by atoms with Crippen LogP contribution >= 0.6 is 0 Å². The molecule has 0 amide bonds. The second-order valence-corrected chi connectivity index (χ2v) is 2.95. The maximum Gasteiger partial charge on any atom is 0.127 e. The van der Waals surface area contributed by atoms with Crippen LogP contribution in [-0.2, 0) is 5.60 Å². The largest absolute Gasteiger partial charge is 0.379 e. The molecule has 2 nitrogen and oxygen atoms in total. The quantitative estimate of drug-likeness (QED) is 0.667. The third-order valence-corrected chi connectivity index (χ3v) is 2.17. The molecule has 1 radical (unpaired) electrons. The minimum atomic E-state index is -0.934. The minimum absolute atomic E-state index is 0.424. The van der Waals surface area contributed by atoms with E-state index in [1.807, 2.05) is 24.3 Å². The van der Waals surface area contributed by atoms with Gasteiger partial charge in [-0.05, 0) is 19.4 Å². The lowest BCUT2D eigenvalue weighted by atomic mass is 9.94. The molecule has 1 aromatic rings. The van der Waals surface area contributed by atoms with Crippen LogP contribution in [0.15, 0.2) is 29.3 Å². The fourth-order valence-corrected chi connectivity index (χ4v) is 1.40. The maximum absolute atomic E-state index is 9.94. The van der Waals surface area contributed by atoms with Crippen LogP contribution in [0.1, 0.15) is 12.0 Å². The molecule has 0 bridgehead atoms. The van der Waals surface area contributed by atoms with Gasteiger partial charge in [0.05, 0.1) is 5.69 Å². The Hall–Kier alpha value is -1.15. The Morgan fingerprint density at radius 3 is 2.92 bits per heavy atom. The Balaban J connectivity index is 2.56. The molecular formula is C10H10NO. The van der Waals surface area contributed by atoms with Crippen molar-refractivity contribution in [3.63, 3.8) is 0 Å². The molecule has 0 saturated carbocycles. The first-order valence-corrected chi connectivity index (χ1v) is 3.92. The van der Waals surface area contributed by atoms with E-state index in [0.29, 0.717) is 6.42 Å². The van der Waals surface area contributed by atoms with Crippen LogP contribution in [0, 0.1) is 6.92 Å². The summed E-state index contributed by atoms with van der Waals surface area (Å²) in [5.41, 5.74) is 0.778. The van der Waals surface area contributed by atoms with Crippen molar-refractivity contribution in [2.75, 3.05) is 0 Å². The lowest BCUT2D eigenvalue weighted by Gasteiger charge is -2.17. The molecule has 1 heterocycles. The summed E-state index contributed by atoms with van der Waals surface area (Å²) in [5, 5.41) is 9.94. The predicted octanol–water partition coefficient (Wildman–Crippen LogP) is 1.81. The normalized spacial score (nSPS) is 25.8. The lowest BCUT2D eigenvalue weighted by molar-refractivity contribution is 0.123. The highest BCUT2D eigenvalue weighted by Crippen LogP contribution is 2.36. The van der Waals surface area contributed by atoms with Gasteiger partial charge in [0.15, 0.2) is 0 Å². The molecule has 2 heteroatoms. The zero-order chi connectivity index (χ0) is 8.60. The van der Waals surface area contributed by atoms with E-state index in [0.717, 1.165) is 11.3 Å². The van der Waals surface area contributed by atoms with Crippen molar-refractivity contribution in [1.82, 2.24) is 0 Å². The SMILES string of the molecule is [CH2]CC1(O)C=Nc2ccccc21. The molecule has 1 aliphatic heterocycles. The molecular weight excluding hydrogens is 150 g/mol. The number of fused-ring (bicyclic) bond motifs is 1. The van der Waals surface area contributed by atoms with Crippen LogP contribution in [0.25, 0.3) is 0 Å². The van der Waals surface area contributed by atoms with Gasteiger partial charge in [0.1, 0.15) is 5.60 Å². The van der Waals surface area contributed by atoms with Gasteiger partial charge in [0.2, 0.25) is 0 Å². The highest BCUT2D eigenvalue weighted by atomic mass is 16.3. The molecule has 1 aromatic carbocycles. The zero-order valence-electron chi connectivity index (χ0n) is 6.70. The Labute approximate surface area is 71.6 Å². The molecule has 12 heavy (non-hydrogen) atoms. The molecule has 0 spiro atoms. The number of hydrogen-bond donors (Lipinski definition) is 1. The van der Waals surface area contributed by atoms with E-state index in [4.69, 9.17) is 0 Å². The topological polar surface area (TPSA) is 32.6 Å². The molecule has 1 N–H and O–H groups in total. The first kappa shape index (κ1) is 7.50. The van der Waals surface area contributed by atoms with Gasteiger partial charge < -0.3 is 5.11 Å². The summed E-state index contributed by atoms with van der Waals surface area (Å²) < 4.78 is 0. The fraction of sp³-hybridized carbons (Fsp3) is 0.200. The molecule has 0 saturated heterocycles. The van der Waals surface area contributed by atoms with Crippen molar-refractivity contribution in [3.8, 4) is 0 Å². The monoisotopic (exact) mass is 160 g/mol. The highest BCUT2D eigenvalue weighted by Gasteiger charge is 2.31. The van der Waals surface area contributed by atoms with Gasteiger partial charge in [0, 0.05) is 11.8 Å². The second kappa shape index (κ2) is 2.42. The molecule has 61 valence electrons. The Bertz CT molecular complexity index is 332. The lowest BCUT2D eigenvalue weighted by Crippen LogP contribution is -2.23. The van der Waals surface area contributed by atoms with Gasteiger partial charge in [0.25, 0.3) is 0 Å². The van der Waals surface area contributed by atoms with Crippen LogP contribution in [-0.4, -0.2) is 11.3 Å². The van der Waals surface area contributed by atoms with Gasteiger partial charge in [-0.2, -0.15) is 0 Å². The van der Waals surface area contributed by atoms with Crippen molar-refractivity contribution < 1.29 is 5.11 Å². The predicted molar refractivity (Wildman–Crippen MR) is 48.5 cm³/mol. The van der Waals surface area contributed by atoms with Gasteiger partial charge in [-0.25, -0.2) is 0 Å². The summed E-state index contributed by atoms with van der Waals surface area (Å²) >= 11 is 0. The summed E-state index contributed by atoms with van der Waals surface area (Å²) in [6, 6.07) is 7.58. The number of para-hydroxylation sites is 1. The second-order valence-electron chi connectivity index (χ2n) is 2.95. The zero-order valence-corrected chi connectivity index (χ0v) is 6.70. The average Bonchev–Trinajstić information content (AvgIpc) is 2.46. The molecule has 1 atom stereocenters. The first-order chi connectivity index (χ1) is 5.76. The number of benzene rings is 1.